The number of aliphatic imine (C=N–C) groups is 1. The highest BCUT2D eigenvalue weighted by molar-refractivity contribution is 14.0. The molecule has 2 N–H and O–H groups in total. The molecule has 0 heterocycles. The van der Waals surface area contributed by atoms with Crippen molar-refractivity contribution in [2.24, 2.45) is 10.9 Å². The van der Waals surface area contributed by atoms with Crippen LogP contribution < -0.4 is 10.6 Å². The zero-order valence-corrected chi connectivity index (χ0v) is 17.6. The van der Waals surface area contributed by atoms with Gasteiger partial charge in [-0.15, -0.1) is 24.0 Å². The van der Waals surface area contributed by atoms with Gasteiger partial charge < -0.3 is 15.5 Å². The van der Waals surface area contributed by atoms with Crippen molar-refractivity contribution in [1.29, 1.82) is 0 Å². The molecule has 1 saturated carbocycles. The Kier molecular flexibility index (Phi) is 12.5. The molecule has 0 spiro atoms. The van der Waals surface area contributed by atoms with Crippen LogP contribution in [0.3, 0.4) is 0 Å². The van der Waals surface area contributed by atoms with Crippen molar-refractivity contribution in [2.45, 2.75) is 64.3 Å². The third kappa shape index (κ3) is 10.0. The molecule has 0 aromatic heterocycles. The van der Waals surface area contributed by atoms with Crippen molar-refractivity contribution >= 4 is 35.8 Å². The lowest BCUT2D eigenvalue weighted by Gasteiger charge is -2.24. The van der Waals surface area contributed by atoms with E-state index in [1.807, 2.05) is 0 Å². The SMILES string of the molecule is CN=C(NCCC(=O)N(C)C)NC(C)CCC1CCCCC1.I. The summed E-state index contributed by atoms with van der Waals surface area (Å²) >= 11 is 0. The van der Waals surface area contributed by atoms with Crippen LogP contribution in [0.4, 0.5) is 0 Å². The van der Waals surface area contributed by atoms with Gasteiger partial charge in [0.05, 0.1) is 0 Å². The number of nitrogens with zero attached hydrogens (tertiary/aromatic N) is 2. The van der Waals surface area contributed by atoms with Crippen LogP contribution in [0.1, 0.15) is 58.3 Å². The normalized spacial score (nSPS) is 17.1. The highest BCUT2D eigenvalue weighted by Crippen LogP contribution is 2.27. The second-order valence-corrected chi connectivity index (χ2v) is 6.66. The average molecular weight is 438 g/mol. The molecule has 0 aromatic rings. The Morgan fingerprint density at radius 1 is 1.26 bits per heavy atom. The fourth-order valence-corrected chi connectivity index (χ4v) is 2.97. The van der Waals surface area contributed by atoms with Gasteiger partial charge >= 0.3 is 0 Å². The fraction of sp³-hybridized carbons (Fsp3) is 0.882. The number of amides is 1. The number of carbonyl (C=O) groups excluding carboxylic acids is 1. The molecule has 0 bridgehead atoms. The number of hydrogen-bond donors (Lipinski definition) is 2. The molecule has 5 nitrogen and oxygen atoms in total. The summed E-state index contributed by atoms with van der Waals surface area (Å²) in [7, 11) is 5.34. The van der Waals surface area contributed by atoms with Gasteiger partial charge in [-0.25, -0.2) is 0 Å². The third-order valence-electron chi connectivity index (χ3n) is 4.47. The number of halogens is 1. The summed E-state index contributed by atoms with van der Waals surface area (Å²) in [4.78, 5) is 17.4. The molecule has 23 heavy (non-hydrogen) atoms. The molecule has 0 radical (unpaired) electrons. The summed E-state index contributed by atoms with van der Waals surface area (Å²) in [5, 5.41) is 6.64. The molecule has 0 saturated heterocycles. The second-order valence-electron chi connectivity index (χ2n) is 6.66. The fourth-order valence-electron chi connectivity index (χ4n) is 2.97. The van der Waals surface area contributed by atoms with Crippen molar-refractivity contribution in [3.63, 3.8) is 0 Å². The smallest absolute Gasteiger partial charge is 0.223 e. The minimum Gasteiger partial charge on any atom is -0.356 e. The van der Waals surface area contributed by atoms with E-state index in [4.69, 9.17) is 0 Å². The Morgan fingerprint density at radius 2 is 1.91 bits per heavy atom. The lowest BCUT2D eigenvalue weighted by atomic mass is 9.85. The van der Waals surface area contributed by atoms with Gasteiger partial charge in [0.2, 0.25) is 5.91 Å². The molecule has 1 fully saturated rings. The largest absolute Gasteiger partial charge is 0.356 e. The van der Waals surface area contributed by atoms with Crippen molar-refractivity contribution in [2.75, 3.05) is 27.7 Å². The molecular weight excluding hydrogens is 403 g/mol. The van der Waals surface area contributed by atoms with E-state index < -0.39 is 0 Å². The zero-order valence-electron chi connectivity index (χ0n) is 15.2. The van der Waals surface area contributed by atoms with Crippen LogP contribution >= 0.6 is 24.0 Å². The van der Waals surface area contributed by atoms with Crippen molar-refractivity contribution in [3.8, 4) is 0 Å². The van der Waals surface area contributed by atoms with Gasteiger partial charge in [-0.3, -0.25) is 9.79 Å². The van der Waals surface area contributed by atoms with E-state index in [0.29, 0.717) is 19.0 Å². The number of rotatable bonds is 7. The van der Waals surface area contributed by atoms with Gasteiger partial charge in [0, 0.05) is 40.2 Å². The zero-order chi connectivity index (χ0) is 16.4. The standard InChI is InChI=1S/C17H34N4O.HI/c1-14(10-11-15-8-6-5-7-9-15)20-17(18-2)19-13-12-16(22)21(3)4;/h14-15H,5-13H2,1-4H3,(H2,18,19,20);1H. The molecule has 1 rings (SSSR count). The van der Waals surface area contributed by atoms with Crippen LogP contribution in [0.25, 0.3) is 0 Å². The molecule has 1 aliphatic rings. The predicted molar refractivity (Wildman–Crippen MR) is 108 cm³/mol. The Balaban J connectivity index is 0.00000484. The highest BCUT2D eigenvalue weighted by atomic mass is 127. The first kappa shape index (κ1) is 22.5. The van der Waals surface area contributed by atoms with Crippen LogP contribution in [0.5, 0.6) is 0 Å². The van der Waals surface area contributed by atoms with Gasteiger partial charge in [0.15, 0.2) is 5.96 Å². The van der Waals surface area contributed by atoms with Crippen molar-refractivity contribution in [3.05, 3.63) is 0 Å². The Bertz CT molecular complexity index is 355. The highest BCUT2D eigenvalue weighted by Gasteiger charge is 2.15. The van der Waals surface area contributed by atoms with Crippen molar-refractivity contribution in [1.82, 2.24) is 15.5 Å². The van der Waals surface area contributed by atoms with Gasteiger partial charge in [0.25, 0.3) is 0 Å². The Labute approximate surface area is 159 Å². The van der Waals surface area contributed by atoms with E-state index in [-0.39, 0.29) is 29.9 Å². The summed E-state index contributed by atoms with van der Waals surface area (Å²) in [6, 6.07) is 0.415. The molecule has 1 unspecified atom stereocenters. The van der Waals surface area contributed by atoms with E-state index >= 15 is 0 Å². The van der Waals surface area contributed by atoms with Crippen LogP contribution in [0, 0.1) is 5.92 Å². The molecule has 1 atom stereocenters. The van der Waals surface area contributed by atoms with E-state index in [1.165, 1.54) is 44.9 Å². The van der Waals surface area contributed by atoms with E-state index in [1.54, 1.807) is 26.0 Å². The lowest BCUT2D eigenvalue weighted by Crippen LogP contribution is -2.43. The maximum atomic E-state index is 11.5. The topological polar surface area (TPSA) is 56.7 Å². The Morgan fingerprint density at radius 3 is 2.48 bits per heavy atom. The molecule has 0 aromatic carbocycles. The molecule has 1 aliphatic carbocycles. The Hall–Kier alpha value is -0.530. The number of guanidine groups is 1. The molecule has 6 heteroatoms. The monoisotopic (exact) mass is 438 g/mol. The van der Waals surface area contributed by atoms with Gasteiger partial charge in [-0.1, -0.05) is 32.1 Å². The van der Waals surface area contributed by atoms with E-state index in [2.05, 4.69) is 22.5 Å². The number of nitrogens with one attached hydrogen (secondary N) is 2. The van der Waals surface area contributed by atoms with Gasteiger partial charge in [0.1, 0.15) is 0 Å². The lowest BCUT2D eigenvalue weighted by molar-refractivity contribution is -0.128. The molecule has 1 amide bonds. The molecule has 0 aliphatic heterocycles. The number of carbonyl (C=O) groups is 1. The maximum absolute atomic E-state index is 11.5. The maximum Gasteiger partial charge on any atom is 0.223 e. The van der Waals surface area contributed by atoms with E-state index in [9.17, 15) is 4.79 Å². The van der Waals surface area contributed by atoms with Crippen LogP contribution in [-0.4, -0.2) is 50.5 Å². The summed E-state index contributed by atoms with van der Waals surface area (Å²) in [6.45, 7) is 2.83. The summed E-state index contributed by atoms with van der Waals surface area (Å²) in [6.07, 6.45) is 10.0. The van der Waals surface area contributed by atoms with Crippen LogP contribution in [0.2, 0.25) is 0 Å². The van der Waals surface area contributed by atoms with Gasteiger partial charge in [-0.2, -0.15) is 0 Å². The first-order valence-electron chi connectivity index (χ1n) is 8.70. The number of hydrogen-bond acceptors (Lipinski definition) is 2. The van der Waals surface area contributed by atoms with Crippen LogP contribution in [-0.2, 0) is 4.79 Å². The van der Waals surface area contributed by atoms with E-state index in [0.717, 1.165) is 11.9 Å². The summed E-state index contributed by atoms with van der Waals surface area (Å²) < 4.78 is 0. The second kappa shape index (κ2) is 12.8. The minimum atomic E-state index is 0. The minimum absolute atomic E-state index is 0. The average Bonchev–Trinajstić information content (AvgIpc) is 2.52. The van der Waals surface area contributed by atoms with Crippen molar-refractivity contribution < 1.29 is 4.79 Å². The summed E-state index contributed by atoms with van der Waals surface area (Å²) in [5.41, 5.74) is 0. The summed E-state index contributed by atoms with van der Waals surface area (Å²) in [5.74, 6) is 1.85. The first-order valence-corrected chi connectivity index (χ1v) is 8.70. The third-order valence-corrected chi connectivity index (χ3v) is 4.47. The molecular formula is C17H35IN4O. The quantitative estimate of drug-likeness (QED) is 0.365. The first-order chi connectivity index (χ1) is 10.5. The van der Waals surface area contributed by atoms with Crippen LogP contribution in [0.15, 0.2) is 4.99 Å². The van der Waals surface area contributed by atoms with Gasteiger partial charge in [-0.05, 0) is 25.7 Å². The molecule has 136 valence electrons. The predicted octanol–water partition coefficient (Wildman–Crippen LogP) is 3.00.